The van der Waals surface area contributed by atoms with E-state index in [9.17, 15) is 0 Å². The van der Waals surface area contributed by atoms with E-state index in [0.717, 1.165) is 17.7 Å². The van der Waals surface area contributed by atoms with Crippen LogP contribution in [0.1, 0.15) is 11.1 Å². The molecule has 0 saturated heterocycles. The lowest BCUT2D eigenvalue weighted by Crippen LogP contribution is -1.96. The van der Waals surface area contributed by atoms with Crippen molar-refractivity contribution in [2.24, 2.45) is 0 Å². The molecule has 2 heteroatoms. The molecule has 0 bridgehead atoms. The van der Waals surface area contributed by atoms with E-state index in [-0.39, 0.29) is 0 Å². The van der Waals surface area contributed by atoms with E-state index in [4.69, 9.17) is 11.3 Å². The number of methoxy groups -OCH3 is 1. The molecule has 0 fully saturated rings. The van der Waals surface area contributed by atoms with Crippen LogP contribution in [0.3, 0.4) is 0 Å². The number of hydrogen-bond acceptors (Lipinski definition) is 1. The summed E-state index contributed by atoms with van der Waals surface area (Å²) in [6.45, 7) is 9.31. The van der Waals surface area contributed by atoms with Gasteiger partial charge in [0.2, 0.25) is 6.54 Å². The molecule has 0 N–H and O–H groups in total. The molecule has 0 atom stereocenters. The second-order valence-electron chi connectivity index (χ2n) is 2.89. The molecule has 0 amide bonds. The third kappa shape index (κ3) is 2.22. The van der Waals surface area contributed by atoms with Crippen molar-refractivity contribution in [3.63, 3.8) is 0 Å². The van der Waals surface area contributed by atoms with Crippen molar-refractivity contribution in [3.8, 4) is 5.75 Å². The zero-order chi connectivity index (χ0) is 9.68. The summed E-state index contributed by atoms with van der Waals surface area (Å²) in [5.74, 6) is 0.892. The zero-order valence-electron chi connectivity index (χ0n) is 8.00. The van der Waals surface area contributed by atoms with Crippen molar-refractivity contribution in [2.45, 2.75) is 13.3 Å². The minimum atomic E-state index is 0.529. The number of nitrogens with zero attached hydrogens (tertiary/aromatic N) is 1. The van der Waals surface area contributed by atoms with Crippen LogP contribution in [0.4, 0.5) is 0 Å². The summed E-state index contributed by atoms with van der Waals surface area (Å²) in [5.41, 5.74) is 2.35. The Morgan fingerprint density at radius 1 is 1.46 bits per heavy atom. The highest BCUT2D eigenvalue weighted by molar-refractivity contribution is 5.39. The third-order valence-corrected chi connectivity index (χ3v) is 2.06. The average molecular weight is 175 g/mol. The molecule has 13 heavy (non-hydrogen) atoms. The summed E-state index contributed by atoms with van der Waals surface area (Å²) in [7, 11) is 1.66. The molecule has 0 aliphatic rings. The van der Waals surface area contributed by atoms with Gasteiger partial charge in [-0.15, -0.1) is 0 Å². The lowest BCUT2D eigenvalue weighted by molar-refractivity contribution is 0.409. The third-order valence-electron chi connectivity index (χ3n) is 2.06. The molecule has 0 aromatic heterocycles. The van der Waals surface area contributed by atoms with Gasteiger partial charge in [-0.25, -0.2) is 6.57 Å². The number of hydrogen-bond donors (Lipinski definition) is 0. The molecule has 0 unspecified atom stereocenters. The van der Waals surface area contributed by atoms with Gasteiger partial charge in [0.1, 0.15) is 5.75 Å². The first-order chi connectivity index (χ1) is 6.29. The second kappa shape index (κ2) is 4.51. The molecule has 1 aromatic carbocycles. The quantitative estimate of drug-likeness (QED) is 0.643. The van der Waals surface area contributed by atoms with E-state index in [0.29, 0.717) is 6.54 Å². The highest BCUT2D eigenvalue weighted by Gasteiger charge is 2.06. The van der Waals surface area contributed by atoms with Crippen LogP contribution in [-0.4, -0.2) is 13.7 Å². The number of ether oxygens (including phenoxy) is 1. The van der Waals surface area contributed by atoms with E-state index in [1.807, 2.05) is 25.1 Å². The largest absolute Gasteiger partial charge is 0.496 e. The fourth-order valence-electron chi connectivity index (χ4n) is 1.35. The summed E-state index contributed by atoms with van der Waals surface area (Å²) in [6, 6.07) is 5.95. The van der Waals surface area contributed by atoms with Crippen LogP contribution in [0, 0.1) is 13.5 Å². The fourth-order valence-corrected chi connectivity index (χ4v) is 1.35. The van der Waals surface area contributed by atoms with Crippen LogP contribution in [0.25, 0.3) is 4.85 Å². The average Bonchev–Trinajstić information content (AvgIpc) is 2.15. The van der Waals surface area contributed by atoms with E-state index in [1.165, 1.54) is 5.56 Å². The number of benzene rings is 1. The van der Waals surface area contributed by atoms with Gasteiger partial charge in [-0.1, -0.05) is 12.1 Å². The van der Waals surface area contributed by atoms with Gasteiger partial charge in [0.25, 0.3) is 0 Å². The van der Waals surface area contributed by atoms with Gasteiger partial charge in [-0.2, -0.15) is 0 Å². The van der Waals surface area contributed by atoms with Crippen molar-refractivity contribution in [1.29, 1.82) is 0 Å². The molecule has 0 spiro atoms. The highest BCUT2D eigenvalue weighted by Crippen LogP contribution is 2.21. The van der Waals surface area contributed by atoms with Crippen molar-refractivity contribution >= 4 is 0 Å². The first-order valence-corrected chi connectivity index (χ1v) is 4.25. The molecule has 0 aliphatic carbocycles. The molecule has 2 nitrogen and oxygen atoms in total. The molecule has 0 heterocycles. The predicted octanol–water partition coefficient (Wildman–Crippen LogP) is 2.47. The van der Waals surface area contributed by atoms with E-state index in [2.05, 4.69) is 4.85 Å². The Hall–Kier alpha value is -1.49. The molecule has 0 radical (unpaired) electrons. The Bertz CT molecular complexity index is 325. The summed E-state index contributed by atoms with van der Waals surface area (Å²) < 4.78 is 5.22. The van der Waals surface area contributed by atoms with Gasteiger partial charge in [0.15, 0.2) is 0 Å². The predicted molar refractivity (Wildman–Crippen MR) is 52.9 cm³/mol. The van der Waals surface area contributed by atoms with Crippen LogP contribution in [0.15, 0.2) is 18.2 Å². The summed E-state index contributed by atoms with van der Waals surface area (Å²) >= 11 is 0. The van der Waals surface area contributed by atoms with E-state index < -0.39 is 0 Å². The second-order valence-corrected chi connectivity index (χ2v) is 2.89. The molecule has 68 valence electrons. The Morgan fingerprint density at radius 3 is 2.85 bits per heavy atom. The number of rotatable bonds is 3. The highest BCUT2D eigenvalue weighted by atomic mass is 16.5. The van der Waals surface area contributed by atoms with Crippen molar-refractivity contribution in [3.05, 3.63) is 40.7 Å². The van der Waals surface area contributed by atoms with Gasteiger partial charge < -0.3 is 9.58 Å². The SMILES string of the molecule is [C-]#[N+]CCc1c(C)cccc1OC. The standard InChI is InChI=1S/C11H13NO/c1-9-5-4-6-11(13-3)10(9)7-8-12-2/h4-6H,7-8H2,1,3H3. The van der Waals surface area contributed by atoms with Crippen LogP contribution in [0.5, 0.6) is 5.75 Å². The molecular weight excluding hydrogens is 162 g/mol. The molecular formula is C11H13NO. The summed E-state index contributed by atoms with van der Waals surface area (Å²) in [5, 5.41) is 0. The van der Waals surface area contributed by atoms with E-state index >= 15 is 0 Å². The normalized spacial score (nSPS) is 9.31. The first-order valence-electron chi connectivity index (χ1n) is 4.25. The van der Waals surface area contributed by atoms with Crippen molar-refractivity contribution in [2.75, 3.05) is 13.7 Å². The van der Waals surface area contributed by atoms with Crippen LogP contribution in [0.2, 0.25) is 0 Å². The van der Waals surface area contributed by atoms with Crippen LogP contribution in [-0.2, 0) is 6.42 Å². The van der Waals surface area contributed by atoms with Gasteiger partial charge in [0.05, 0.1) is 7.11 Å². The topological polar surface area (TPSA) is 13.6 Å². The minimum Gasteiger partial charge on any atom is -0.496 e. The first kappa shape index (κ1) is 9.60. The summed E-state index contributed by atoms with van der Waals surface area (Å²) in [4.78, 5) is 3.34. The summed E-state index contributed by atoms with van der Waals surface area (Å²) in [6.07, 6.45) is 0.777. The maximum Gasteiger partial charge on any atom is 0.218 e. The zero-order valence-corrected chi connectivity index (χ0v) is 8.00. The van der Waals surface area contributed by atoms with Crippen molar-refractivity contribution < 1.29 is 4.74 Å². The Labute approximate surface area is 79.0 Å². The van der Waals surface area contributed by atoms with Crippen LogP contribution < -0.4 is 4.74 Å². The monoisotopic (exact) mass is 175 g/mol. The lowest BCUT2D eigenvalue weighted by Gasteiger charge is -2.08. The Balaban J connectivity index is 2.95. The number of aryl methyl sites for hydroxylation is 1. The van der Waals surface area contributed by atoms with Gasteiger partial charge in [-0.05, 0) is 18.6 Å². The smallest absolute Gasteiger partial charge is 0.218 e. The fraction of sp³-hybridized carbons (Fsp3) is 0.364. The van der Waals surface area contributed by atoms with Gasteiger partial charge in [0, 0.05) is 12.0 Å². The van der Waals surface area contributed by atoms with Gasteiger partial charge >= 0.3 is 0 Å². The van der Waals surface area contributed by atoms with Crippen LogP contribution >= 0.6 is 0 Å². The van der Waals surface area contributed by atoms with Gasteiger partial charge in [-0.3, -0.25) is 0 Å². The Morgan fingerprint density at radius 2 is 2.23 bits per heavy atom. The minimum absolute atomic E-state index is 0.529. The maximum atomic E-state index is 6.73. The maximum absolute atomic E-state index is 6.73. The van der Waals surface area contributed by atoms with Crippen molar-refractivity contribution in [1.82, 2.24) is 0 Å². The Kier molecular flexibility index (Phi) is 3.33. The molecule has 0 aliphatic heterocycles. The van der Waals surface area contributed by atoms with E-state index in [1.54, 1.807) is 7.11 Å². The molecule has 1 rings (SSSR count). The lowest BCUT2D eigenvalue weighted by atomic mass is 10.0. The molecule has 1 aromatic rings. The molecule has 0 saturated carbocycles.